The zero-order valence-corrected chi connectivity index (χ0v) is 9.13. The number of amides is 1. The van der Waals surface area contributed by atoms with E-state index in [1.54, 1.807) is 13.8 Å². The molecule has 0 fully saturated rings. The zero-order valence-electron chi connectivity index (χ0n) is 9.13. The third-order valence-electron chi connectivity index (χ3n) is 1.73. The van der Waals surface area contributed by atoms with Gasteiger partial charge in [-0.2, -0.15) is 0 Å². The van der Waals surface area contributed by atoms with Gasteiger partial charge in [0.05, 0.1) is 12.1 Å². The first-order valence-corrected chi connectivity index (χ1v) is 4.57. The topological polar surface area (TPSA) is 58.4 Å². The van der Waals surface area contributed by atoms with Gasteiger partial charge >= 0.3 is 0 Å². The SMILES string of the molecule is C#CCN(C)CCNC(=O)C(C)(C)N. The Hall–Kier alpha value is -1.05. The third kappa shape index (κ3) is 5.57. The molecule has 1 amide bonds. The Labute approximate surface area is 85.8 Å². The molecule has 0 saturated heterocycles. The van der Waals surface area contributed by atoms with Gasteiger partial charge < -0.3 is 11.1 Å². The molecule has 80 valence electrons. The van der Waals surface area contributed by atoms with E-state index in [-0.39, 0.29) is 5.91 Å². The summed E-state index contributed by atoms with van der Waals surface area (Å²) in [6, 6.07) is 0. The number of hydrogen-bond acceptors (Lipinski definition) is 3. The first-order chi connectivity index (χ1) is 6.38. The van der Waals surface area contributed by atoms with Crippen molar-refractivity contribution < 1.29 is 4.79 Å². The van der Waals surface area contributed by atoms with Crippen molar-refractivity contribution in [1.29, 1.82) is 0 Å². The van der Waals surface area contributed by atoms with Crippen molar-refractivity contribution in [2.24, 2.45) is 5.73 Å². The summed E-state index contributed by atoms with van der Waals surface area (Å²) >= 11 is 0. The highest BCUT2D eigenvalue weighted by atomic mass is 16.2. The maximum absolute atomic E-state index is 11.3. The van der Waals surface area contributed by atoms with Crippen LogP contribution in [0.2, 0.25) is 0 Å². The van der Waals surface area contributed by atoms with Crippen molar-refractivity contribution in [3.8, 4) is 12.3 Å². The second-order valence-electron chi connectivity index (χ2n) is 3.92. The fourth-order valence-corrected chi connectivity index (χ4v) is 0.823. The van der Waals surface area contributed by atoms with E-state index < -0.39 is 5.54 Å². The van der Waals surface area contributed by atoms with Crippen molar-refractivity contribution in [1.82, 2.24) is 10.2 Å². The molecule has 0 aliphatic carbocycles. The molecule has 0 radical (unpaired) electrons. The molecule has 0 spiro atoms. The van der Waals surface area contributed by atoms with Crippen molar-refractivity contribution in [3.05, 3.63) is 0 Å². The number of carbonyl (C=O) groups is 1. The molecule has 14 heavy (non-hydrogen) atoms. The minimum atomic E-state index is -0.815. The number of carbonyl (C=O) groups excluding carboxylic acids is 1. The first-order valence-electron chi connectivity index (χ1n) is 4.57. The minimum absolute atomic E-state index is 0.147. The van der Waals surface area contributed by atoms with Gasteiger partial charge in [-0.05, 0) is 20.9 Å². The molecule has 0 atom stereocenters. The fourth-order valence-electron chi connectivity index (χ4n) is 0.823. The monoisotopic (exact) mass is 197 g/mol. The zero-order chi connectivity index (χ0) is 11.2. The van der Waals surface area contributed by atoms with E-state index in [2.05, 4.69) is 11.2 Å². The van der Waals surface area contributed by atoms with E-state index in [1.807, 2.05) is 11.9 Å². The quantitative estimate of drug-likeness (QED) is 0.579. The van der Waals surface area contributed by atoms with Crippen LogP contribution in [-0.4, -0.2) is 43.0 Å². The predicted molar refractivity (Wildman–Crippen MR) is 57.6 cm³/mol. The number of likely N-dealkylation sites (N-methyl/N-ethyl adjacent to an activating group) is 1. The van der Waals surface area contributed by atoms with Gasteiger partial charge in [-0.3, -0.25) is 9.69 Å². The Kier molecular flexibility index (Phi) is 5.21. The Morgan fingerprint density at radius 3 is 2.64 bits per heavy atom. The van der Waals surface area contributed by atoms with Gasteiger partial charge in [0.2, 0.25) is 5.91 Å². The average Bonchev–Trinajstić information content (AvgIpc) is 2.02. The summed E-state index contributed by atoms with van der Waals surface area (Å²) in [6.07, 6.45) is 5.13. The van der Waals surface area contributed by atoms with Gasteiger partial charge in [-0.25, -0.2) is 0 Å². The van der Waals surface area contributed by atoms with Crippen LogP contribution in [0.4, 0.5) is 0 Å². The fraction of sp³-hybridized carbons (Fsp3) is 0.700. The summed E-state index contributed by atoms with van der Waals surface area (Å²) in [6.45, 7) is 5.23. The highest BCUT2D eigenvalue weighted by molar-refractivity contribution is 5.84. The maximum atomic E-state index is 11.3. The lowest BCUT2D eigenvalue weighted by Gasteiger charge is -2.19. The largest absolute Gasteiger partial charge is 0.353 e. The molecule has 0 saturated carbocycles. The van der Waals surface area contributed by atoms with Crippen LogP contribution in [-0.2, 0) is 4.79 Å². The highest BCUT2D eigenvalue weighted by Crippen LogP contribution is 1.94. The third-order valence-corrected chi connectivity index (χ3v) is 1.73. The first kappa shape index (κ1) is 12.9. The molecule has 0 aromatic heterocycles. The van der Waals surface area contributed by atoms with Gasteiger partial charge in [0.1, 0.15) is 0 Å². The molecule has 0 bridgehead atoms. The summed E-state index contributed by atoms with van der Waals surface area (Å²) < 4.78 is 0. The number of hydrogen-bond donors (Lipinski definition) is 2. The van der Waals surface area contributed by atoms with Crippen LogP contribution in [0.25, 0.3) is 0 Å². The van der Waals surface area contributed by atoms with Crippen molar-refractivity contribution in [2.75, 3.05) is 26.7 Å². The molecule has 0 aliphatic heterocycles. The average molecular weight is 197 g/mol. The Morgan fingerprint density at radius 1 is 1.64 bits per heavy atom. The van der Waals surface area contributed by atoms with E-state index in [0.29, 0.717) is 13.1 Å². The summed E-state index contributed by atoms with van der Waals surface area (Å²) in [4.78, 5) is 13.3. The molecule has 0 heterocycles. The second-order valence-corrected chi connectivity index (χ2v) is 3.92. The Balaban J connectivity index is 3.66. The number of terminal acetylenes is 1. The van der Waals surface area contributed by atoms with Crippen molar-refractivity contribution >= 4 is 5.91 Å². The molecule has 0 unspecified atom stereocenters. The van der Waals surface area contributed by atoms with Crippen LogP contribution >= 0.6 is 0 Å². The van der Waals surface area contributed by atoms with E-state index in [9.17, 15) is 4.79 Å². The Bertz CT molecular complexity index is 225. The molecular formula is C10H19N3O. The highest BCUT2D eigenvalue weighted by Gasteiger charge is 2.20. The number of nitrogens with two attached hydrogens (primary N) is 1. The van der Waals surface area contributed by atoms with Gasteiger partial charge in [0.15, 0.2) is 0 Å². The van der Waals surface area contributed by atoms with Crippen LogP contribution in [0.15, 0.2) is 0 Å². The summed E-state index contributed by atoms with van der Waals surface area (Å²) in [7, 11) is 1.90. The van der Waals surface area contributed by atoms with Crippen molar-refractivity contribution in [2.45, 2.75) is 19.4 Å². The van der Waals surface area contributed by atoms with E-state index in [1.165, 1.54) is 0 Å². The number of nitrogens with zero attached hydrogens (tertiary/aromatic N) is 1. The van der Waals surface area contributed by atoms with Crippen molar-refractivity contribution in [3.63, 3.8) is 0 Å². The lowest BCUT2D eigenvalue weighted by atomic mass is 10.1. The van der Waals surface area contributed by atoms with Gasteiger partial charge in [0.25, 0.3) is 0 Å². The molecule has 0 aromatic rings. The van der Waals surface area contributed by atoms with E-state index >= 15 is 0 Å². The molecule has 4 nitrogen and oxygen atoms in total. The number of nitrogens with one attached hydrogen (secondary N) is 1. The van der Waals surface area contributed by atoms with Crippen LogP contribution in [0.5, 0.6) is 0 Å². The summed E-state index contributed by atoms with van der Waals surface area (Å²) in [5, 5.41) is 2.74. The van der Waals surface area contributed by atoms with Gasteiger partial charge in [-0.15, -0.1) is 6.42 Å². The normalized spacial score (nSPS) is 11.1. The predicted octanol–water partition coefficient (Wildman–Crippen LogP) is -0.595. The molecule has 0 aliphatic rings. The van der Waals surface area contributed by atoms with E-state index in [0.717, 1.165) is 6.54 Å². The van der Waals surface area contributed by atoms with Crippen LogP contribution in [0, 0.1) is 12.3 Å². The molecule has 0 rings (SSSR count). The number of rotatable bonds is 5. The summed E-state index contributed by atoms with van der Waals surface area (Å²) in [5.41, 5.74) is 4.78. The second kappa shape index (κ2) is 5.63. The van der Waals surface area contributed by atoms with Crippen LogP contribution in [0.1, 0.15) is 13.8 Å². The van der Waals surface area contributed by atoms with Gasteiger partial charge in [0, 0.05) is 13.1 Å². The smallest absolute Gasteiger partial charge is 0.239 e. The van der Waals surface area contributed by atoms with Crippen LogP contribution in [0.3, 0.4) is 0 Å². The van der Waals surface area contributed by atoms with Gasteiger partial charge in [-0.1, -0.05) is 5.92 Å². The summed E-state index contributed by atoms with van der Waals surface area (Å²) in [5.74, 6) is 2.38. The lowest BCUT2D eigenvalue weighted by molar-refractivity contribution is -0.125. The maximum Gasteiger partial charge on any atom is 0.239 e. The lowest BCUT2D eigenvalue weighted by Crippen LogP contribution is -2.50. The minimum Gasteiger partial charge on any atom is -0.353 e. The Morgan fingerprint density at radius 2 is 2.21 bits per heavy atom. The van der Waals surface area contributed by atoms with E-state index in [4.69, 9.17) is 12.2 Å². The molecule has 3 N–H and O–H groups in total. The molecule has 0 aromatic carbocycles. The van der Waals surface area contributed by atoms with Crippen LogP contribution < -0.4 is 11.1 Å². The standard InChI is InChI=1S/C10H19N3O/c1-5-7-13(4)8-6-12-9(14)10(2,3)11/h1H,6-8,11H2,2-4H3,(H,12,14). The molecular weight excluding hydrogens is 178 g/mol. The molecule has 4 heteroatoms.